The summed E-state index contributed by atoms with van der Waals surface area (Å²) in [6.45, 7) is 0. The number of allylic oxidation sites excluding steroid dienone is 4. The molecule has 13 heteroatoms. The van der Waals surface area contributed by atoms with Gasteiger partial charge in [-0.1, -0.05) is 46.4 Å². The minimum Gasteiger partial charge on any atom is -0.503 e. The van der Waals surface area contributed by atoms with Crippen molar-refractivity contribution in [2.24, 2.45) is 0 Å². The summed E-state index contributed by atoms with van der Waals surface area (Å²) in [5, 5.41) is 32.5. The fraction of sp³-hybridized carbons (Fsp3) is 0. The Morgan fingerprint density at radius 2 is 0.560 bits per heavy atom. The second kappa shape index (κ2) is 9.32. The number of aliphatic hydroxyl groups excluding tert-OH is 4. The van der Waals surface area contributed by atoms with Crippen molar-refractivity contribution in [2.75, 3.05) is 0 Å². The van der Waals surface area contributed by atoms with Crippen LogP contribution in [0.25, 0.3) is 0 Å². The van der Waals surface area contributed by atoms with Crippen LogP contribution in [0.1, 0.15) is 0 Å². The first-order chi connectivity index (χ1) is 10.9. The van der Waals surface area contributed by atoms with Gasteiger partial charge in [0.2, 0.25) is 23.1 Å². The molecule has 8 nitrogen and oxygen atoms in total. The molecule has 2 aliphatic carbocycles. The third-order valence-corrected chi connectivity index (χ3v) is 3.89. The molecule has 4 N–H and O–H groups in total. The molecule has 0 saturated heterocycles. The van der Waals surface area contributed by atoms with Crippen molar-refractivity contribution in [3.8, 4) is 0 Å². The van der Waals surface area contributed by atoms with E-state index in [-0.39, 0.29) is 39.9 Å². The molecular weight excluding hydrogens is 646 g/mol. The molecule has 0 spiro atoms. The van der Waals surface area contributed by atoms with Crippen LogP contribution in [0, 0.1) is 39.9 Å². The second-order valence-electron chi connectivity index (χ2n) is 3.97. The summed E-state index contributed by atoms with van der Waals surface area (Å²) >= 11 is 20.7. The predicted molar refractivity (Wildman–Crippen MR) is 82.1 cm³/mol. The summed E-state index contributed by atoms with van der Waals surface area (Å²) in [6, 6.07) is 0. The van der Waals surface area contributed by atoms with Crippen molar-refractivity contribution < 1.29 is 79.5 Å². The molecule has 0 unspecified atom stereocenters. The zero-order valence-electron chi connectivity index (χ0n) is 11.4. The topological polar surface area (TPSA) is 149 Å². The Labute approximate surface area is 190 Å². The molecule has 0 aromatic heterocycles. The van der Waals surface area contributed by atoms with E-state index in [0.717, 1.165) is 0 Å². The van der Waals surface area contributed by atoms with E-state index >= 15 is 0 Å². The van der Waals surface area contributed by atoms with Crippen molar-refractivity contribution in [2.45, 2.75) is 0 Å². The third-order valence-electron chi connectivity index (χ3n) is 2.49. The van der Waals surface area contributed by atoms with E-state index in [4.69, 9.17) is 66.8 Å². The van der Waals surface area contributed by atoms with Gasteiger partial charge in [0.1, 0.15) is 20.1 Å². The van der Waals surface area contributed by atoms with Crippen molar-refractivity contribution in [3.05, 3.63) is 43.2 Å². The van der Waals surface area contributed by atoms with E-state index in [1.807, 2.05) is 0 Å². The van der Waals surface area contributed by atoms with Crippen LogP contribution in [0.5, 0.6) is 0 Å². The van der Waals surface area contributed by atoms with Crippen LogP contribution >= 0.6 is 46.4 Å². The van der Waals surface area contributed by atoms with Gasteiger partial charge >= 0.3 is 0 Å². The first-order valence-corrected chi connectivity index (χ1v) is 6.98. The third kappa shape index (κ3) is 4.74. The largest absolute Gasteiger partial charge is 0.503 e. The molecule has 0 aromatic rings. The average Bonchev–Trinajstić information content (AvgIpc) is 2.58. The Morgan fingerprint density at radius 3 is 0.680 bits per heavy atom. The molecule has 25 heavy (non-hydrogen) atoms. The summed E-state index contributed by atoms with van der Waals surface area (Å²) in [5.41, 5.74) is 0. The Balaban J connectivity index is 0.000000443. The fourth-order valence-electron chi connectivity index (χ4n) is 1.24. The minimum atomic E-state index is -1.06. The number of carbonyl (C=O) groups is 4. The minimum absolute atomic E-state index is 0. The summed E-state index contributed by atoms with van der Waals surface area (Å²) in [5.74, 6) is -7.99. The van der Waals surface area contributed by atoms with Crippen molar-refractivity contribution >= 4 is 69.5 Å². The SMILES string of the molecule is O=C1C(O)=C(Cl)C(=O)C(O)=C1Cl.O=C1C(O)=C(Cl)C(=O)C(O)=C1Cl.[Th]. The monoisotopic (exact) mass is 648 g/mol. The molecule has 0 aliphatic heterocycles. The van der Waals surface area contributed by atoms with Gasteiger partial charge in [-0.25, -0.2) is 0 Å². The summed E-state index contributed by atoms with van der Waals surface area (Å²) < 4.78 is 0. The van der Waals surface area contributed by atoms with Gasteiger partial charge in [0.15, 0.2) is 23.0 Å². The smallest absolute Gasteiger partial charge is 0.244 e. The standard InChI is InChI=1S/2C6H2Cl2O4.Th/c2*7-1-3(9)5(11)2(8)6(12)4(1)10;/h2*9,12H;. The quantitative estimate of drug-likeness (QED) is 0.292. The Morgan fingerprint density at radius 1 is 0.440 bits per heavy atom. The molecule has 132 valence electrons. The maximum atomic E-state index is 10.8. The average molecular weight is 650 g/mol. The van der Waals surface area contributed by atoms with Crippen LogP contribution < -0.4 is 0 Å². The number of halogens is 4. The predicted octanol–water partition coefficient (Wildman–Crippen LogP) is 2.31. The molecular formula is C12H4Cl4O8Th. The number of carbonyl (C=O) groups excluding carboxylic acids is 4. The van der Waals surface area contributed by atoms with Crippen molar-refractivity contribution in [1.82, 2.24) is 0 Å². The van der Waals surface area contributed by atoms with Crippen molar-refractivity contribution in [3.63, 3.8) is 0 Å². The van der Waals surface area contributed by atoms with E-state index in [1.54, 1.807) is 0 Å². The van der Waals surface area contributed by atoms with E-state index in [9.17, 15) is 19.2 Å². The second-order valence-corrected chi connectivity index (χ2v) is 5.48. The molecule has 0 radical (unpaired) electrons. The van der Waals surface area contributed by atoms with E-state index in [1.165, 1.54) is 0 Å². The van der Waals surface area contributed by atoms with E-state index < -0.39 is 66.3 Å². The van der Waals surface area contributed by atoms with Crippen LogP contribution in [0.15, 0.2) is 43.2 Å². The van der Waals surface area contributed by atoms with Gasteiger partial charge in [-0.05, 0) is 0 Å². The molecule has 0 saturated carbocycles. The maximum absolute atomic E-state index is 10.8. The number of rotatable bonds is 0. The van der Waals surface area contributed by atoms with Gasteiger partial charge in [0.05, 0.1) is 0 Å². The zero-order chi connectivity index (χ0) is 18.9. The van der Waals surface area contributed by atoms with E-state index in [0.29, 0.717) is 0 Å². The van der Waals surface area contributed by atoms with Gasteiger partial charge in [-0.15, -0.1) is 0 Å². The van der Waals surface area contributed by atoms with Gasteiger partial charge in [0.25, 0.3) is 0 Å². The zero-order valence-corrected chi connectivity index (χ0v) is 18.6. The fourth-order valence-corrected chi connectivity index (χ4v) is 1.95. The van der Waals surface area contributed by atoms with Crippen LogP contribution in [-0.2, 0) is 19.2 Å². The molecule has 2 rings (SSSR count). The number of hydrogen-bond acceptors (Lipinski definition) is 8. The molecule has 0 amide bonds. The molecule has 0 atom stereocenters. The molecule has 0 heterocycles. The van der Waals surface area contributed by atoms with Gasteiger partial charge in [-0.2, -0.15) is 0 Å². The van der Waals surface area contributed by atoms with Crippen LogP contribution in [0.3, 0.4) is 0 Å². The van der Waals surface area contributed by atoms with Crippen molar-refractivity contribution in [1.29, 1.82) is 0 Å². The molecule has 0 fully saturated rings. The first-order valence-electron chi connectivity index (χ1n) is 5.47. The number of ketones is 4. The van der Waals surface area contributed by atoms with Crippen LogP contribution in [-0.4, -0.2) is 43.6 Å². The number of Topliss-reactive ketones (excluding diaryl/α,β-unsaturated/α-hetero) is 4. The van der Waals surface area contributed by atoms with Crippen LogP contribution in [0.2, 0.25) is 0 Å². The van der Waals surface area contributed by atoms with Crippen LogP contribution in [0.4, 0.5) is 0 Å². The molecule has 2 aliphatic rings. The molecule has 0 aromatic carbocycles. The number of aliphatic hydroxyl groups is 4. The van der Waals surface area contributed by atoms with E-state index in [2.05, 4.69) is 0 Å². The van der Waals surface area contributed by atoms with Gasteiger partial charge < -0.3 is 20.4 Å². The van der Waals surface area contributed by atoms with Gasteiger partial charge in [-0.3, -0.25) is 19.2 Å². The first kappa shape index (κ1) is 24.3. The van der Waals surface area contributed by atoms with Gasteiger partial charge in [0, 0.05) is 39.9 Å². The summed E-state index contributed by atoms with van der Waals surface area (Å²) in [6.07, 6.45) is 0. The molecule has 0 bridgehead atoms. The Kier molecular flexibility index (Phi) is 9.06. The Bertz CT molecular complexity index is 629. The maximum Gasteiger partial charge on any atom is 0.244 e. The Hall–Kier alpha value is -0.675. The normalized spacial score (nSPS) is 18.4. The summed E-state index contributed by atoms with van der Waals surface area (Å²) in [7, 11) is 0. The summed E-state index contributed by atoms with van der Waals surface area (Å²) in [4.78, 5) is 43.2. The number of hydrogen-bond donors (Lipinski definition) is 4.